The van der Waals surface area contributed by atoms with Crippen LogP contribution in [-0.4, -0.2) is 28.6 Å². The minimum absolute atomic E-state index is 0.105. The van der Waals surface area contributed by atoms with Gasteiger partial charge in [0.2, 0.25) is 5.78 Å². The van der Waals surface area contributed by atoms with Gasteiger partial charge in [-0.25, -0.2) is 4.79 Å². The molecule has 0 saturated carbocycles. The molecule has 1 N–H and O–H groups in total. The number of H-pyrrole nitrogens is 1. The van der Waals surface area contributed by atoms with Crippen LogP contribution in [0.15, 0.2) is 36.4 Å². The third-order valence-electron chi connectivity index (χ3n) is 2.99. The van der Waals surface area contributed by atoms with Gasteiger partial charge < -0.3 is 4.74 Å². The molecule has 0 atom stereocenters. The lowest BCUT2D eigenvalue weighted by molar-refractivity contribution is -0.138. The summed E-state index contributed by atoms with van der Waals surface area (Å²) in [7, 11) is 0. The molecule has 0 aliphatic carbocycles. The highest BCUT2D eigenvalue weighted by atomic mass is 19.4. The Morgan fingerprint density at radius 1 is 1.25 bits per heavy atom. The first kappa shape index (κ1) is 17.5. The van der Waals surface area contributed by atoms with Crippen LogP contribution in [0, 0.1) is 0 Å². The minimum Gasteiger partial charge on any atom is -0.461 e. The first-order valence-electron chi connectivity index (χ1n) is 6.94. The van der Waals surface area contributed by atoms with Crippen LogP contribution in [-0.2, 0) is 10.9 Å². The lowest BCUT2D eigenvalue weighted by atomic mass is 10.1. The van der Waals surface area contributed by atoms with Gasteiger partial charge in [-0.1, -0.05) is 36.4 Å². The Morgan fingerprint density at radius 2 is 1.92 bits per heavy atom. The summed E-state index contributed by atoms with van der Waals surface area (Å²) in [5.74, 6) is -2.19. The van der Waals surface area contributed by atoms with Crippen molar-refractivity contribution < 1.29 is 27.5 Å². The number of nitrogens with zero attached hydrogens (tertiary/aromatic N) is 1. The van der Waals surface area contributed by atoms with Gasteiger partial charge in [-0.05, 0) is 18.6 Å². The minimum atomic E-state index is -4.93. The second-order valence-electron chi connectivity index (χ2n) is 4.65. The maximum atomic E-state index is 13.2. The van der Waals surface area contributed by atoms with E-state index in [0.717, 1.165) is 6.08 Å². The molecule has 0 spiro atoms. The van der Waals surface area contributed by atoms with Crippen LogP contribution < -0.4 is 0 Å². The van der Waals surface area contributed by atoms with Crippen molar-refractivity contribution in [3.63, 3.8) is 0 Å². The van der Waals surface area contributed by atoms with E-state index in [9.17, 15) is 22.8 Å². The Bertz CT molecular complexity index is 765. The fourth-order valence-corrected chi connectivity index (χ4v) is 1.96. The number of benzene rings is 1. The molecule has 8 heteroatoms. The third kappa shape index (κ3) is 3.89. The largest absolute Gasteiger partial charge is 0.461 e. The van der Waals surface area contributed by atoms with Crippen LogP contribution in [0.2, 0.25) is 0 Å². The number of aromatic nitrogens is 2. The molecule has 126 valence electrons. The van der Waals surface area contributed by atoms with Crippen LogP contribution in [0.1, 0.15) is 39.0 Å². The number of nitrogens with one attached hydrogen (secondary N) is 1. The van der Waals surface area contributed by atoms with Gasteiger partial charge in [0, 0.05) is 0 Å². The Labute approximate surface area is 135 Å². The molecule has 2 rings (SSSR count). The topological polar surface area (TPSA) is 72.1 Å². The van der Waals surface area contributed by atoms with Gasteiger partial charge in [0.15, 0.2) is 5.69 Å². The van der Waals surface area contributed by atoms with Crippen molar-refractivity contribution in [3.8, 4) is 0 Å². The number of allylic oxidation sites excluding steroid dienone is 1. The van der Waals surface area contributed by atoms with Crippen LogP contribution in [0.4, 0.5) is 13.2 Å². The lowest BCUT2D eigenvalue weighted by Crippen LogP contribution is -2.17. The first-order chi connectivity index (χ1) is 11.3. The van der Waals surface area contributed by atoms with Gasteiger partial charge in [0.25, 0.3) is 0 Å². The van der Waals surface area contributed by atoms with Gasteiger partial charge in [0.05, 0.1) is 6.61 Å². The van der Waals surface area contributed by atoms with E-state index in [-0.39, 0.29) is 6.61 Å². The third-order valence-corrected chi connectivity index (χ3v) is 2.99. The smallest absolute Gasteiger partial charge is 0.421 e. The molecule has 0 aliphatic heterocycles. The molecule has 0 radical (unpaired) electrons. The molecular weight excluding hydrogens is 325 g/mol. The van der Waals surface area contributed by atoms with Gasteiger partial charge in [-0.2, -0.15) is 18.3 Å². The summed E-state index contributed by atoms with van der Waals surface area (Å²) < 4.78 is 44.2. The number of aromatic amines is 1. The monoisotopic (exact) mass is 338 g/mol. The number of alkyl halides is 3. The number of ketones is 1. The highest BCUT2D eigenvalue weighted by Gasteiger charge is 2.42. The number of carbonyl (C=O) groups is 2. The van der Waals surface area contributed by atoms with Crippen LogP contribution in [0.5, 0.6) is 0 Å². The average molecular weight is 338 g/mol. The molecular formula is C16H13F3N2O3. The average Bonchev–Trinajstić information content (AvgIpc) is 2.99. The van der Waals surface area contributed by atoms with Gasteiger partial charge in [-0.15, -0.1) is 0 Å². The van der Waals surface area contributed by atoms with Crippen LogP contribution in [0.25, 0.3) is 6.08 Å². The van der Waals surface area contributed by atoms with Gasteiger partial charge in [0.1, 0.15) is 11.3 Å². The van der Waals surface area contributed by atoms with E-state index in [0.29, 0.717) is 5.56 Å². The molecule has 0 bridgehead atoms. The Balaban J connectivity index is 2.38. The molecule has 0 amide bonds. The standard InChI is InChI=1S/C16H13F3N2O3/c1-2-24-15(23)14-12(16(17,18)19)13(20-21-14)11(22)9-8-10-6-4-3-5-7-10/h3-9H,2H2,1H3,(H,20,21)/b9-8+. The normalized spacial score (nSPS) is 11.7. The first-order valence-corrected chi connectivity index (χ1v) is 6.94. The molecule has 0 aliphatic rings. The number of halogens is 3. The Kier molecular flexibility index (Phi) is 5.18. The van der Waals surface area contributed by atoms with E-state index in [1.165, 1.54) is 13.0 Å². The van der Waals surface area contributed by atoms with Crippen molar-refractivity contribution in [1.82, 2.24) is 10.2 Å². The van der Waals surface area contributed by atoms with Crippen molar-refractivity contribution in [2.75, 3.05) is 6.61 Å². The zero-order valence-corrected chi connectivity index (χ0v) is 12.6. The van der Waals surface area contributed by atoms with Crippen molar-refractivity contribution in [2.45, 2.75) is 13.1 Å². The van der Waals surface area contributed by atoms with E-state index in [1.807, 2.05) is 5.10 Å². The van der Waals surface area contributed by atoms with Crippen molar-refractivity contribution in [2.24, 2.45) is 0 Å². The maximum absolute atomic E-state index is 13.2. The van der Waals surface area contributed by atoms with Gasteiger partial charge >= 0.3 is 12.1 Å². The fraction of sp³-hybridized carbons (Fsp3) is 0.188. The molecule has 1 aromatic heterocycles. The van der Waals surface area contributed by atoms with E-state index in [4.69, 9.17) is 0 Å². The van der Waals surface area contributed by atoms with E-state index < -0.39 is 34.9 Å². The molecule has 1 aromatic carbocycles. The summed E-state index contributed by atoms with van der Waals surface area (Å²) in [6.07, 6.45) is -2.60. The molecule has 24 heavy (non-hydrogen) atoms. The second-order valence-corrected chi connectivity index (χ2v) is 4.65. The second kappa shape index (κ2) is 7.12. The van der Waals surface area contributed by atoms with Crippen LogP contribution >= 0.6 is 0 Å². The van der Waals surface area contributed by atoms with Crippen molar-refractivity contribution in [1.29, 1.82) is 0 Å². The molecule has 2 aromatic rings. The molecule has 5 nitrogen and oxygen atoms in total. The lowest BCUT2D eigenvalue weighted by Gasteiger charge is -2.08. The number of hydrogen-bond acceptors (Lipinski definition) is 4. The fourth-order valence-electron chi connectivity index (χ4n) is 1.96. The Morgan fingerprint density at radius 3 is 2.50 bits per heavy atom. The highest BCUT2D eigenvalue weighted by molar-refractivity contribution is 6.08. The quantitative estimate of drug-likeness (QED) is 0.514. The Hall–Kier alpha value is -2.90. The van der Waals surface area contributed by atoms with Crippen LogP contribution in [0.3, 0.4) is 0 Å². The van der Waals surface area contributed by atoms with Gasteiger partial charge in [-0.3, -0.25) is 9.89 Å². The predicted octanol–water partition coefficient (Wildman–Crippen LogP) is 3.50. The predicted molar refractivity (Wildman–Crippen MR) is 79.4 cm³/mol. The number of esters is 1. The number of ether oxygens (including phenoxy) is 1. The summed E-state index contributed by atoms with van der Waals surface area (Å²) in [5.41, 5.74) is -2.55. The number of carbonyl (C=O) groups excluding carboxylic acids is 2. The zero-order valence-electron chi connectivity index (χ0n) is 12.6. The number of rotatable bonds is 5. The summed E-state index contributed by atoms with van der Waals surface area (Å²) >= 11 is 0. The zero-order chi connectivity index (χ0) is 17.7. The summed E-state index contributed by atoms with van der Waals surface area (Å²) in [5, 5.41) is 5.30. The maximum Gasteiger partial charge on any atom is 0.421 e. The summed E-state index contributed by atoms with van der Waals surface area (Å²) in [6, 6.07) is 8.57. The van der Waals surface area contributed by atoms with Crippen molar-refractivity contribution in [3.05, 3.63) is 58.9 Å². The van der Waals surface area contributed by atoms with E-state index >= 15 is 0 Å². The molecule has 0 fully saturated rings. The molecule has 0 unspecified atom stereocenters. The molecule has 1 heterocycles. The summed E-state index contributed by atoms with van der Waals surface area (Å²) in [4.78, 5) is 23.7. The van der Waals surface area contributed by atoms with Crippen molar-refractivity contribution >= 4 is 17.8 Å². The molecule has 0 saturated heterocycles. The summed E-state index contributed by atoms with van der Waals surface area (Å²) in [6.45, 7) is 1.35. The number of hydrogen-bond donors (Lipinski definition) is 1. The van der Waals surface area contributed by atoms with E-state index in [2.05, 4.69) is 9.84 Å². The highest BCUT2D eigenvalue weighted by Crippen LogP contribution is 2.34. The van der Waals surface area contributed by atoms with E-state index in [1.54, 1.807) is 30.3 Å². The SMILES string of the molecule is CCOC(=O)c1[nH]nc(C(=O)/C=C/c2ccccc2)c1C(F)(F)F.